The first-order valence-corrected chi connectivity index (χ1v) is 9.03. The number of piperidine rings is 1. The summed E-state index contributed by atoms with van der Waals surface area (Å²) in [6, 6.07) is 5.31. The molecule has 0 saturated carbocycles. The molecule has 2 aromatic heterocycles. The minimum Gasteiger partial charge on any atom is -0.354 e. The molecule has 8 heteroatoms. The minimum absolute atomic E-state index is 0.0638. The van der Waals surface area contributed by atoms with E-state index in [9.17, 15) is 9.59 Å². The quantitative estimate of drug-likeness (QED) is 0.645. The van der Waals surface area contributed by atoms with E-state index in [2.05, 4.69) is 26.8 Å². The Labute approximate surface area is 162 Å². The molecule has 1 aliphatic heterocycles. The fraction of sp³-hybridized carbons (Fsp3) is 0.316. The van der Waals surface area contributed by atoms with Crippen LogP contribution in [0.1, 0.15) is 34.8 Å². The van der Waals surface area contributed by atoms with Crippen molar-refractivity contribution in [2.45, 2.75) is 18.8 Å². The fourth-order valence-electron chi connectivity index (χ4n) is 3.21. The minimum atomic E-state index is -0.299. The van der Waals surface area contributed by atoms with Crippen LogP contribution in [0, 0.1) is 0 Å². The predicted octanol–water partition coefficient (Wildman–Crippen LogP) is 2.44. The number of halogens is 1. The molecule has 2 aromatic rings. The number of likely N-dealkylation sites (tertiary alicyclic amines) is 1. The third-order valence-electron chi connectivity index (χ3n) is 4.58. The Bertz CT molecular complexity index is 886. The van der Waals surface area contributed by atoms with Crippen LogP contribution in [0.3, 0.4) is 0 Å². The van der Waals surface area contributed by atoms with Crippen molar-refractivity contribution < 1.29 is 9.59 Å². The van der Waals surface area contributed by atoms with Crippen molar-refractivity contribution in [3.8, 4) is 11.4 Å². The van der Waals surface area contributed by atoms with Crippen LogP contribution in [-0.4, -0.2) is 51.8 Å². The highest BCUT2D eigenvalue weighted by molar-refractivity contribution is 6.29. The van der Waals surface area contributed by atoms with Gasteiger partial charge in [-0.1, -0.05) is 18.2 Å². The van der Waals surface area contributed by atoms with Crippen molar-refractivity contribution in [1.82, 2.24) is 25.2 Å². The van der Waals surface area contributed by atoms with Gasteiger partial charge in [-0.2, -0.15) is 0 Å². The van der Waals surface area contributed by atoms with Crippen LogP contribution in [0.15, 0.2) is 37.2 Å². The summed E-state index contributed by atoms with van der Waals surface area (Å²) < 4.78 is 0. The average Bonchev–Trinajstić information content (AvgIpc) is 2.72. The molecule has 3 heterocycles. The summed E-state index contributed by atoms with van der Waals surface area (Å²) in [5.41, 5.74) is 2.33. The summed E-state index contributed by atoms with van der Waals surface area (Å²) in [5, 5.41) is 2.88. The SMILES string of the molecule is C=CC(=O)N1CCCC(c2cc(Cl)nc(-c3cc(C(=O)NC)ncn3)c2)C1. The van der Waals surface area contributed by atoms with Crippen LogP contribution in [-0.2, 0) is 4.79 Å². The van der Waals surface area contributed by atoms with Crippen molar-refractivity contribution in [2.75, 3.05) is 20.1 Å². The first-order chi connectivity index (χ1) is 13.0. The molecule has 0 radical (unpaired) electrons. The van der Waals surface area contributed by atoms with E-state index in [1.54, 1.807) is 18.0 Å². The molecule has 0 bridgehead atoms. The van der Waals surface area contributed by atoms with E-state index < -0.39 is 0 Å². The Morgan fingerprint density at radius 1 is 1.30 bits per heavy atom. The smallest absolute Gasteiger partial charge is 0.269 e. The normalized spacial score (nSPS) is 16.7. The number of hydrogen-bond donors (Lipinski definition) is 1. The molecule has 1 unspecified atom stereocenters. The molecule has 1 fully saturated rings. The number of aromatic nitrogens is 3. The molecule has 0 spiro atoms. The number of amides is 2. The third kappa shape index (κ3) is 4.31. The highest BCUT2D eigenvalue weighted by atomic mass is 35.5. The number of carbonyl (C=O) groups is 2. The van der Waals surface area contributed by atoms with E-state index in [0.29, 0.717) is 23.1 Å². The molecule has 1 saturated heterocycles. The van der Waals surface area contributed by atoms with Crippen molar-refractivity contribution in [2.24, 2.45) is 0 Å². The largest absolute Gasteiger partial charge is 0.354 e. The van der Waals surface area contributed by atoms with Crippen molar-refractivity contribution in [3.05, 3.63) is 53.6 Å². The lowest BCUT2D eigenvalue weighted by Gasteiger charge is -2.32. The van der Waals surface area contributed by atoms with E-state index in [4.69, 9.17) is 11.6 Å². The second-order valence-electron chi connectivity index (χ2n) is 6.30. The van der Waals surface area contributed by atoms with Crippen molar-refractivity contribution >= 4 is 23.4 Å². The first-order valence-electron chi connectivity index (χ1n) is 8.65. The number of rotatable bonds is 4. The molecule has 0 aliphatic carbocycles. The maximum absolute atomic E-state index is 11.9. The molecule has 1 N–H and O–H groups in total. The number of nitrogens with zero attached hydrogens (tertiary/aromatic N) is 4. The van der Waals surface area contributed by atoms with Gasteiger partial charge in [0.05, 0.1) is 11.4 Å². The third-order valence-corrected chi connectivity index (χ3v) is 4.78. The topological polar surface area (TPSA) is 88.1 Å². The van der Waals surface area contributed by atoms with Crippen molar-refractivity contribution in [1.29, 1.82) is 0 Å². The van der Waals surface area contributed by atoms with Gasteiger partial charge in [0.25, 0.3) is 5.91 Å². The van der Waals surface area contributed by atoms with Gasteiger partial charge in [-0.25, -0.2) is 15.0 Å². The van der Waals surface area contributed by atoms with Gasteiger partial charge >= 0.3 is 0 Å². The molecule has 2 amide bonds. The van der Waals surface area contributed by atoms with Crippen LogP contribution in [0.2, 0.25) is 5.15 Å². The molecule has 7 nitrogen and oxygen atoms in total. The van der Waals surface area contributed by atoms with Crippen LogP contribution >= 0.6 is 11.6 Å². The summed E-state index contributed by atoms with van der Waals surface area (Å²) in [5.74, 6) is -0.208. The van der Waals surface area contributed by atoms with Crippen LogP contribution in [0.5, 0.6) is 0 Å². The highest BCUT2D eigenvalue weighted by Gasteiger charge is 2.24. The van der Waals surface area contributed by atoms with Crippen LogP contribution in [0.4, 0.5) is 0 Å². The summed E-state index contributed by atoms with van der Waals surface area (Å²) in [4.78, 5) is 38.1. The molecule has 1 atom stereocenters. The Morgan fingerprint density at radius 2 is 2.11 bits per heavy atom. The predicted molar refractivity (Wildman–Crippen MR) is 102 cm³/mol. The summed E-state index contributed by atoms with van der Waals surface area (Å²) in [7, 11) is 1.54. The number of carbonyl (C=O) groups excluding carboxylic acids is 2. The number of nitrogens with one attached hydrogen (secondary N) is 1. The van der Waals surface area contributed by atoms with Crippen LogP contribution in [0.25, 0.3) is 11.4 Å². The molecular formula is C19H20ClN5O2. The maximum atomic E-state index is 11.9. The summed E-state index contributed by atoms with van der Waals surface area (Å²) in [6.45, 7) is 4.90. The molecule has 1 aliphatic rings. The van der Waals surface area contributed by atoms with E-state index >= 15 is 0 Å². The van der Waals surface area contributed by atoms with Gasteiger partial charge in [0, 0.05) is 26.1 Å². The van der Waals surface area contributed by atoms with E-state index in [1.165, 1.54) is 12.4 Å². The van der Waals surface area contributed by atoms with Gasteiger partial charge in [0.2, 0.25) is 5.91 Å². The van der Waals surface area contributed by atoms with Crippen molar-refractivity contribution in [3.63, 3.8) is 0 Å². The monoisotopic (exact) mass is 385 g/mol. The molecule has 27 heavy (non-hydrogen) atoms. The second-order valence-corrected chi connectivity index (χ2v) is 6.69. The Hall–Kier alpha value is -2.80. The average molecular weight is 386 g/mol. The van der Waals surface area contributed by atoms with Gasteiger partial charge < -0.3 is 10.2 Å². The number of pyridine rings is 1. The van der Waals surface area contributed by atoms with Gasteiger partial charge in [-0.15, -0.1) is 0 Å². The van der Waals surface area contributed by atoms with Gasteiger partial charge in [-0.3, -0.25) is 9.59 Å². The Morgan fingerprint density at radius 3 is 2.85 bits per heavy atom. The summed E-state index contributed by atoms with van der Waals surface area (Å²) in [6.07, 6.45) is 4.53. The van der Waals surface area contributed by atoms with Gasteiger partial charge in [0.1, 0.15) is 17.2 Å². The standard InChI is InChI=1S/C19H20ClN5O2/c1-3-18(26)25-6-4-5-12(10-25)13-7-15(24-17(20)8-13)14-9-16(19(27)21-2)23-11-22-14/h3,7-9,11-12H,1,4-6,10H2,2H3,(H,21,27). The molecule has 3 rings (SSSR count). The Kier molecular flexibility index (Phi) is 5.81. The Balaban J connectivity index is 1.92. The van der Waals surface area contributed by atoms with E-state index in [1.807, 2.05) is 12.1 Å². The highest BCUT2D eigenvalue weighted by Crippen LogP contribution is 2.31. The van der Waals surface area contributed by atoms with Crippen LogP contribution < -0.4 is 5.32 Å². The zero-order valence-electron chi connectivity index (χ0n) is 15.0. The second kappa shape index (κ2) is 8.26. The first kappa shape index (κ1) is 19.0. The van der Waals surface area contributed by atoms with Gasteiger partial charge in [0.15, 0.2) is 0 Å². The van der Waals surface area contributed by atoms with E-state index in [-0.39, 0.29) is 23.4 Å². The number of hydrogen-bond acceptors (Lipinski definition) is 5. The lowest BCUT2D eigenvalue weighted by molar-refractivity contribution is -0.127. The summed E-state index contributed by atoms with van der Waals surface area (Å²) >= 11 is 6.24. The van der Waals surface area contributed by atoms with Gasteiger partial charge in [-0.05, 0) is 42.7 Å². The molecular weight excluding hydrogens is 366 g/mol. The lowest BCUT2D eigenvalue weighted by atomic mass is 9.90. The lowest BCUT2D eigenvalue weighted by Crippen LogP contribution is -2.38. The molecule has 0 aromatic carbocycles. The maximum Gasteiger partial charge on any atom is 0.269 e. The zero-order valence-corrected chi connectivity index (χ0v) is 15.7. The zero-order chi connectivity index (χ0) is 19.4. The molecule has 140 valence electrons. The fourth-order valence-corrected chi connectivity index (χ4v) is 3.43. The van der Waals surface area contributed by atoms with E-state index in [0.717, 1.165) is 24.9 Å².